The maximum absolute atomic E-state index is 12.8. The number of methoxy groups -OCH3 is 1. The Labute approximate surface area is 91.4 Å². The Morgan fingerprint density at radius 2 is 2.25 bits per heavy atom. The third kappa shape index (κ3) is 2.16. The van der Waals surface area contributed by atoms with E-state index in [-0.39, 0.29) is 23.4 Å². The lowest BCUT2D eigenvalue weighted by atomic mass is 10.0. The van der Waals surface area contributed by atoms with Gasteiger partial charge < -0.3 is 10.5 Å². The standard InChI is InChI=1S/C10H12F2N2O2/c1-5-4-14-8(10(15)16-2)6(3-13)7(5)9(11)12/h4,9H,3,13H2,1-2H3. The van der Waals surface area contributed by atoms with E-state index in [0.29, 0.717) is 5.56 Å². The second kappa shape index (κ2) is 4.98. The van der Waals surface area contributed by atoms with Crippen LogP contribution < -0.4 is 5.73 Å². The number of aryl methyl sites for hydroxylation is 1. The second-order valence-corrected chi connectivity index (χ2v) is 3.18. The Kier molecular flexibility index (Phi) is 3.89. The summed E-state index contributed by atoms with van der Waals surface area (Å²) in [6, 6.07) is 0. The van der Waals surface area contributed by atoms with Crippen LogP contribution in [-0.2, 0) is 11.3 Å². The summed E-state index contributed by atoms with van der Waals surface area (Å²) >= 11 is 0. The summed E-state index contributed by atoms with van der Waals surface area (Å²) in [4.78, 5) is 15.1. The molecule has 0 aliphatic heterocycles. The highest BCUT2D eigenvalue weighted by atomic mass is 19.3. The number of hydrogen-bond acceptors (Lipinski definition) is 4. The molecule has 88 valence electrons. The van der Waals surface area contributed by atoms with Crippen LogP contribution in [0.2, 0.25) is 0 Å². The molecule has 4 nitrogen and oxygen atoms in total. The molecule has 0 bridgehead atoms. The van der Waals surface area contributed by atoms with Crippen molar-refractivity contribution >= 4 is 5.97 Å². The largest absolute Gasteiger partial charge is 0.464 e. The maximum Gasteiger partial charge on any atom is 0.356 e. The predicted molar refractivity (Wildman–Crippen MR) is 53.2 cm³/mol. The Morgan fingerprint density at radius 1 is 1.62 bits per heavy atom. The highest BCUT2D eigenvalue weighted by Crippen LogP contribution is 2.27. The number of pyridine rings is 1. The van der Waals surface area contributed by atoms with Crippen molar-refractivity contribution in [2.45, 2.75) is 19.9 Å². The van der Waals surface area contributed by atoms with Crippen molar-refractivity contribution in [1.82, 2.24) is 4.98 Å². The number of nitrogens with two attached hydrogens (primary N) is 1. The van der Waals surface area contributed by atoms with Gasteiger partial charge in [-0.2, -0.15) is 0 Å². The molecule has 0 spiro atoms. The highest BCUT2D eigenvalue weighted by molar-refractivity contribution is 5.89. The van der Waals surface area contributed by atoms with Crippen molar-refractivity contribution in [2.24, 2.45) is 5.73 Å². The molecular formula is C10H12F2N2O2. The van der Waals surface area contributed by atoms with Crippen LogP contribution in [0.5, 0.6) is 0 Å². The van der Waals surface area contributed by atoms with Crippen molar-refractivity contribution in [3.05, 3.63) is 28.6 Å². The molecule has 1 aromatic heterocycles. The van der Waals surface area contributed by atoms with Gasteiger partial charge in [-0.3, -0.25) is 0 Å². The summed E-state index contributed by atoms with van der Waals surface area (Å²) < 4.78 is 30.0. The molecule has 2 N–H and O–H groups in total. The fourth-order valence-corrected chi connectivity index (χ4v) is 1.46. The van der Waals surface area contributed by atoms with Crippen molar-refractivity contribution < 1.29 is 18.3 Å². The van der Waals surface area contributed by atoms with Gasteiger partial charge in [-0.05, 0) is 12.5 Å². The molecule has 0 saturated carbocycles. The first-order valence-corrected chi connectivity index (χ1v) is 4.57. The number of hydrogen-bond donors (Lipinski definition) is 1. The lowest BCUT2D eigenvalue weighted by Crippen LogP contribution is -2.15. The SMILES string of the molecule is COC(=O)c1ncc(C)c(C(F)F)c1CN. The van der Waals surface area contributed by atoms with E-state index in [1.165, 1.54) is 13.1 Å². The maximum atomic E-state index is 12.8. The summed E-state index contributed by atoms with van der Waals surface area (Å²) in [7, 11) is 1.16. The fourth-order valence-electron chi connectivity index (χ4n) is 1.46. The van der Waals surface area contributed by atoms with Gasteiger partial charge in [-0.15, -0.1) is 0 Å². The number of halogens is 2. The van der Waals surface area contributed by atoms with Crippen molar-refractivity contribution in [1.29, 1.82) is 0 Å². The average molecular weight is 230 g/mol. The summed E-state index contributed by atoms with van der Waals surface area (Å²) in [6.07, 6.45) is -1.47. The Hall–Kier alpha value is -1.56. The van der Waals surface area contributed by atoms with Gasteiger partial charge in [0.05, 0.1) is 7.11 Å². The molecule has 0 unspecified atom stereocenters. The van der Waals surface area contributed by atoms with E-state index in [2.05, 4.69) is 9.72 Å². The van der Waals surface area contributed by atoms with Gasteiger partial charge in [-0.1, -0.05) is 0 Å². The van der Waals surface area contributed by atoms with Crippen LogP contribution in [0.4, 0.5) is 8.78 Å². The first-order chi connectivity index (χ1) is 7.52. The molecular weight excluding hydrogens is 218 g/mol. The molecule has 1 rings (SSSR count). The molecule has 0 aliphatic rings. The van der Waals surface area contributed by atoms with Gasteiger partial charge in [0.1, 0.15) is 0 Å². The molecule has 16 heavy (non-hydrogen) atoms. The molecule has 1 aromatic rings. The van der Waals surface area contributed by atoms with E-state index in [1.54, 1.807) is 0 Å². The summed E-state index contributed by atoms with van der Waals surface area (Å²) in [5.74, 6) is -0.762. The highest BCUT2D eigenvalue weighted by Gasteiger charge is 2.22. The molecule has 1 heterocycles. The minimum absolute atomic E-state index is 0.0434. The molecule has 0 aromatic carbocycles. The van der Waals surface area contributed by atoms with Gasteiger partial charge in [0.25, 0.3) is 6.43 Å². The number of nitrogens with zero attached hydrogens (tertiary/aromatic N) is 1. The quantitative estimate of drug-likeness (QED) is 0.800. The van der Waals surface area contributed by atoms with Crippen LogP contribution in [0, 0.1) is 6.92 Å². The summed E-state index contributed by atoms with van der Waals surface area (Å²) in [5, 5.41) is 0. The van der Waals surface area contributed by atoms with E-state index < -0.39 is 12.4 Å². The first kappa shape index (κ1) is 12.5. The molecule has 0 radical (unpaired) electrons. The minimum Gasteiger partial charge on any atom is -0.464 e. The lowest BCUT2D eigenvalue weighted by molar-refractivity contribution is 0.0592. The molecule has 6 heteroatoms. The monoisotopic (exact) mass is 230 g/mol. The van der Waals surface area contributed by atoms with E-state index in [1.807, 2.05) is 0 Å². The van der Waals surface area contributed by atoms with Crippen LogP contribution in [0.15, 0.2) is 6.20 Å². The van der Waals surface area contributed by atoms with Crippen molar-refractivity contribution in [2.75, 3.05) is 7.11 Å². The van der Waals surface area contributed by atoms with Gasteiger partial charge in [-0.25, -0.2) is 18.6 Å². The summed E-state index contributed by atoms with van der Waals surface area (Å²) in [6.45, 7) is 1.31. The van der Waals surface area contributed by atoms with Crippen LogP contribution in [0.25, 0.3) is 0 Å². The van der Waals surface area contributed by atoms with Gasteiger partial charge in [0.2, 0.25) is 0 Å². The first-order valence-electron chi connectivity index (χ1n) is 4.57. The third-order valence-electron chi connectivity index (χ3n) is 2.22. The molecule has 0 amide bonds. The van der Waals surface area contributed by atoms with Crippen LogP contribution in [-0.4, -0.2) is 18.1 Å². The number of carbonyl (C=O) groups excluding carboxylic acids is 1. The number of ether oxygens (including phenoxy) is 1. The molecule has 0 fully saturated rings. The number of alkyl halides is 2. The van der Waals surface area contributed by atoms with Crippen LogP contribution in [0.1, 0.15) is 33.6 Å². The zero-order valence-electron chi connectivity index (χ0n) is 8.96. The Bertz CT molecular complexity index is 408. The minimum atomic E-state index is -2.69. The van der Waals surface area contributed by atoms with Gasteiger partial charge >= 0.3 is 5.97 Å². The summed E-state index contributed by atoms with van der Waals surface area (Å²) in [5.41, 5.74) is 5.34. The molecule has 0 aliphatic carbocycles. The lowest BCUT2D eigenvalue weighted by Gasteiger charge is -2.13. The van der Waals surface area contributed by atoms with Gasteiger partial charge in [0.15, 0.2) is 5.69 Å². The van der Waals surface area contributed by atoms with E-state index in [4.69, 9.17) is 5.73 Å². The second-order valence-electron chi connectivity index (χ2n) is 3.18. The number of carbonyl (C=O) groups is 1. The van der Waals surface area contributed by atoms with Gasteiger partial charge in [0, 0.05) is 23.9 Å². The zero-order chi connectivity index (χ0) is 12.3. The van der Waals surface area contributed by atoms with E-state index in [0.717, 1.165) is 7.11 Å². The van der Waals surface area contributed by atoms with E-state index >= 15 is 0 Å². The number of aromatic nitrogens is 1. The zero-order valence-corrected chi connectivity index (χ0v) is 8.96. The number of esters is 1. The smallest absolute Gasteiger partial charge is 0.356 e. The molecule has 0 atom stereocenters. The van der Waals surface area contributed by atoms with Crippen molar-refractivity contribution in [3.63, 3.8) is 0 Å². The van der Waals surface area contributed by atoms with Crippen LogP contribution >= 0.6 is 0 Å². The third-order valence-corrected chi connectivity index (χ3v) is 2.22. The van der Waals surface area contributed by atoms with Crippen LogP contribution in [0.3, 0.4) is 0 Å². The van der Waals surface area contributed by atoms with Crippen molar-refractivity contribution in [3.8, 4) is 0 Å². The average Bonchev–Trinajstić information content (AvgIpc) is 2.26. The normalized spacial score (nSPS) is 10.6. The Balaban J connectivity index is 3.42. The number of rotatable bonds is 3. The topological polar surface area (TPSA) is 65.2 Å². The fraction of sp³-hybridized carbons (Fsp3) is 0.400. The van der Waals surface area contributed by atoms with E-state index in [9.17, 15) is 13.6 Å². The Morgan fingerprint density at radius 3 is 2.69 bits per heavy atom. The molecule has 0 saturated heterocycles. The predicted octanol–water partition coefficient (Wildman–Crippen LogP) is 1.57.